The Labute approximate surface area is 120 Å². The molecule has 0 saturated carbocycles. The molecular formula is C14H26N4O2. The molecule has 0 aliphatic carbocycles. The summed E-state index contributed by atoms with van der Waals surface area (Å²) in [4.78, 5) is 28.0. The van der Waals surface area contributed by atoms with Gasteiger partial charge in [0.2, 0.25) is 11.8 Å². The van der Waals surface area contributed by atoms with E-state index in [9.17, 15) is 9.59 Å². The van der Waals surface area contributed by atoms with E-state index in [0.717, 1.165) is 39.0 Å². The first-order chi connectivity index (χ1) is 9.50. The maximum atomic E-state index is 12.6. The summed E-state index contributed by atoms with van der Waals surface area (Å²) in [5, 5.41) is 3.25. The molecule has 3 unspecified atom stereocenters. The first-order valence-corrected chi connectivity index (χ1v) is 7.55. The van der Waals surface area contributed by atoms with Crippen LogP contribution < -0.4 is 11.1 Å². The molecule has 0 aromatic rings. The highest BCUT2D eigenvalue weighted by Crippen LogP contribution is 2.24. The molecule has 2 saturated heterocycles. The highest BCUT2D eigenvalue weighted by atomic mass is 16.2. The number of piperidine rings is 1. The van der Waals surface area contributed by atoms with Crippen molar-refractivity contribution in [2.24, 2.45) is 11.7 Å². The second-order valence-electron chi connectivity index (χ2n) is 5.97. The summed E-state index contributed by atoms with van der Waals surface area (Å²) >= 11 is 0. The number of nitrogens with zero attached hydrogens (tertiary/aromatic N) is 2. The van der Waals surface area contributed by atoms with Crippen molar-refractivity contribution in [3.8, 4) is 0 Å². The van der Waals surface area contributed by atoms with Crippen LogP contribution in [0.15, 0.2) is 0 Å². The molecule has 0 bridgehead atoms. The normalized spacial score (nSPS) is 30.0. The van der Waals surface area contributed by atoms with Crippen LogP contribution in [0.25, 0.3) is 0 Å². The Hall–Kier alpha value is -1.14. The van der Waals surface area contributed by atoms with Gasteiger partial charge in [0.1, 0.15) is 0 Å². The average molecular weight is 282 g/mol. The molecule has 20 heavy (non-hydrogen) atoms. The Morgan fingerprint density at radius 3 is 2.50 bits per heavy atom. The van der Waals surface area contributed by atoms with E-state index in [1.165, 1.54) is 0 Å². The number of nitrogens with one attached hydrogen (secondary N) is 1. The largest absolute Gasteiger partial charge is 0.369 e. The van der Waals surface area contributed by atoms with Gasteiger partial charge in [-0.1, -0.05) is 0 Å². The van der Waals surface area contributed by atoms with Gasteiger partial charge in [-0.2, -0.15) is 0 Å². The fourth-order valence-corrected chi connectivity index (χ4v) is 3.20. The van der Waals surface area contributed by atoms with E-state index in [4.69, 9.17) is 5.73 Å². The quantitative estimate of drug-likeness (QED) is 0.724. The minimum atomic E-state index is -0.247. The zero-order valence-electron chi connectivity index (χ0n) is 12.5. The SMILES string of the molecule is CC1CCC(C(N)=O)CN1C(C)C(=O)N1CCNCC1. The molecule has 2 fully saturated rings. The van der Waals surface area contributed by atoms with E-state index in [0.29, 0.717) is 12.6 Å². The van der Waals surface area contributed by atoms with Crippen molar-refractivity contribution in [1.82, 2.24) is 15.1 Å². The Morgan fingerprint density at radius 2 is 1.90 bits per heavy atom. The maximum absolute atomic E-state index is 12.6. The topological polar surface area (TPSA) is 78.7 Å². The van der Waals surface area contributed by atoms with Gasteiger partial charge >= 0.3 is 0 Å². The zero-order chi connectivity index (χ0) is 14.7. The molecule has 0 aromatic carbocycles. The highest BCUT2D eigenvalue weighted by Gasteiger charge is 2.35. The number of amides is 2. The summed E-state index contributed by atoms with van der Waals surface area (Å²) in [5.74, 6) is -0.198. The molecule has 0 radical (unpaired) electrons. The van der Waals surface area contributed by atoms with Gasteiger partial charge in [0.05, 0.1) is 12.0 Å². The van der Waals surface area contributed by atoms with Crippen LogP contribution in [0.2, 0.25) is 0 Å². The molecule has 2 heterocycles. The Morgan fingerprint density at radius 1 is 1.25 bits per heavy atom. The lowest BCUT2D eigenvalue weighted by molar-refractivity contribution is -0.140. The van der Waals surface area contributed by atoms with Crippen molar-refractivity contribution >= 4 is 11.8 Å². The van der Waals surface area contributed by atoms with Crippen LogP contribution in [0.5, 0.6) is 0 Å². The number of rotatable bonds is 3. The molecule has 2 amide bonds. The second kappa shape index (κ2) is 6.54. The van der Waals surface area contributed by atoms with Crippen LogP contribution in [0.4, 0.5) is 0 Å². The molecule has 6 heteroatoms. The number of hydrogen-bond acceptors (Lipinski definition) is 4. The predicted octanol–water partition coefficient (Wildman–Crippen LogP) is -0.607. The number of nitrogens with two attached hydrogens (primary N) is 1. The first-order valence-electron chi connectivity index (χ1n) is 7.55. The molecule has 3 N–H and O–H groups in total. The molecule has 2 rings (SSSR count). The Kier molecular flexibility index (Phi) is 4.99. The molecule has 3 atom stereocenters. The van der Waals surface area contributed by atoms with E-state index >= 15 is 0 Å². The number of primary amides is 1. The molecular weight excluding hydrogens is 256 g/mol. The maximum Gasteiger partial charge on any atom is 0.239 e. The third-order valence-electron chi connectivity index (χ3n) is 4.62. The van der Waals surface area contributed by atoms with Crippen LogP contribution >= 0.6 is 0 Å². The third-order valence-corrected chi connectivity index (χ3v) is 4.62. The van der Waals surface area contributed by atoms with Crippen molar-refractivity contribution in [3.63, 3.8) is 0 Å². The van der Waals surface area contributed by atoms with Crippen molar-refractivity contribution in [3.05, 3.63) is 0 Å². The Bertz CT molecular complexity index is 368. The van der Waals surface area contributed by atoms with Crippen LogP contribution in [0.3, 0.4) is 0 Å². The number of carbonyl (C=O) groups excluding carboxylic acids is 2. The lowest BCUT2D eigenvalue weighted by Gasteiger charge is -2.42. The molecule has 0 aromatic heterocycles. The van der Waals surface area contributed by atoms with E-state index in [1.807, 2.05) is 11.8 Å². The summed E-state index contributed by atoms with van der Waals surface area (Å²) in [5.41, 5.74) is 5.42. The van der Waals surface area contributed by atoms with Gasteiger partial charge in [0, 0.05) is 38.8 Å². The van der Waals surface area contributed by atoms with Gasteiger partial charge in [-0.15, -0.1) is 0 Å². The van der Waals surface area contributed by atoms with Crippen molar-refractivity contribution in [2.45, 2.75) is 38.8 Å². The minimum absolute atomic E-state index is 0.121. The molecule has 2 aliphatic rings. The first kappa shape index (κ1) is 15.3. The van der Waals surface area contributed by atoms with Gasteiger partial charge in [-0.05, 0) is 26.7 Å². The van der Waals surface area contributed by atoms with Crippen LogP contribution in [0.1, 0.15) is 26.7 Å². The number of carbonyl (C=O) groups is 2. The van der Waals surface area contributed by atoms with Crippen molar-refractivity contribution in [2.75, 3.05) is 32.7 Å². The molecule has 6 nitrogen and oxygen atoms in total. The summed E-state index contributed by atoms with van der Waals surface area (Å²) in [7, 11) is 0. The molecule has 2 aliphatic heterocycles. The monoisotopic (exact) mass is 282 g/mol. The lowest BCUT2D eigenvalue weighted by atomic mass is 9.91. The number of hydrogen-bond donors (Lipinski definition) is 2. The van der Waals surface area contributed by atoms with Crippen LogP contribution in [-0.4, -0.2) is 66.4 Å². The Balaban J connectivity index is 1.99. The fraction of sp³-hybridized carbons (Fsp3) is 0.857. The predicted molar refractivity (Wildman–Crippen MR) is 77.0 cm³/mol. The lowest BCUT2D eigenvalue weighted by Crippen LogP contribution is -2.57. The van der Waals surface area contributed by atoms with E-state index in [-0.39, 0.29) is 23.8 Å². The zero-order valence-corrected chi connectivity index (χ0v) is 12.5. The van der Waals surface area contributed by atoms with E-state index < -0.39 is 0 Å². The highest BCUT2D eigenvalue weighted by molar-refractivity contribution is 5.82. The van der Waals surface area contributed by atoms with Gasteiger partial charge in [0.15, 0.2) is 0 Å². The second-order valence-corrected chi connectivity index (χ2v) is 5.97. The summed E-state index contributed by atoms with van der Waals surface area (Å²) in [6.45, 7) is 7.93. The van der Waals surface area contributed by atoms with Crippen LogP contribution in [-0.2, 0) is 9.59 Å². The number of piperazine rings is 1. The van der Waals surface area contributed by atoms with Gasteiger partial charge in [-0.3, -0.25) is 14.5 Å². The van der Waals surface area contributed by atoms with Gasteiger partial charge in [-0.25, -0.2) is 0 Å². The summed E-state index contributed by atoms with van der Waals surface area (Å²) in [6, 6.07) is 0.151. The smallest absolute Gasteiger partial charge is 0.239 e. The summed E-state index contributed by atoms with van der Waals surface area (Å²) < 4.78 is 0. The molecule has 0 spiro atoms. The van der Waals surface area contributed by atoms with Gasteiger partial charge in [0.25, 0.3) is 0 Å². The average Bonchev–Trinajstić information content (AvgIpc) is 2.47. The van der Waals surface area contributed by atoms with Gasteiger partial charge < -0.3 is 16.0 Å². The van der Waals surface area contributed by atoms with Crippen LogP contribution in [0, 0.1) is 5.92 Å². The van der Waals surface area contributed by atoms with E-state index in [2.05, 4.69) is 17.1 Å². The van der Waals surface area contributed by atoms with E-state index in [1.54, 1.807) is 0 Å². The number of likely N-dealkylation sites (tertiary alicyclic amines) is 1. The minimum Gasteiger partial charge on any atom is -0.369 e. The molecule has 114 valence electrons. The summed E-state index contributed by atoms with van der Waals surface area (Å²) in [6.07, 6.45) is 1.76. The standard InChI is InChI=1S/C14H26N4O2/c1-10-3-4-12(13(15)19)9-18(10)11(2)14(20)17-7-5-16-6-8-17/h10-12,16H,3-9H2,1-2H3,(H2,15,19). The van der Waals surface area contributed by atoms with Crippen molar-refractivity contribution < 1.29 is 9.59 Å². The fourth-order valence-electron chi connectivity index (χ4n) is 3.20. The van der Waals surface area contributed by atoms with Crippen molar-refractivity contribution in [1.29, 1.82) is 0 Å². The third kappa shape index (κ3) is 3.30.